The predicted octanol–water partition coefficient (Wildman–Crippen LogP) is 3.24. The Labute approximate surface area is 229 Å². The first-order valence-electron chi connectivity index (χ1n) is 12.7. The Morgan fingerprint density at radius 3 is 2.70 bits per heavy atom. The largest absolute Gasteiger partial charge is 0.495 e. The molecule has 212 valence electrons. The van der Waals surface area contributed by atoms with Gasteiger partial charge in [0.1, 0.15) is 17.8 Å². The van der Waals surface area contributed by atoms with Gasteiger partial charge in [0.2, 0.25) is 5.91 Å². The fourth-order valence-electron chi connectivity index (χ4n) is 4.83. The number of ether oxygens (including phenoxy) is 1. The van der Waals surface area contributed by atoms with E-state index in [9.17, 15) is 22.8 Å². The van der Waals surface area contributed by atoms with Crippen molar-refractivity contribution in [3.05, 3.63) is 53.3 Å². The van der Waals surface area contributed by atoms with Crippen LogP contribution in [0.15, 0.2) is 36.7 Å². The molecule has 2 heterocycles. The highest BCUT2D eigenvalue weighted by molar-refractivity contribution is 6.05. The van der Waals surface area contributed by atoms with Gasteiger partial charge >= 0.3 is 6.18 Å². The minimum atomic E-state index is -4.47. The molecule has 1 saturated heterocycles. The Morgan fingerprint density at radius 1 is 1.25 bits per heavy atom. The first-order valence-corrected chi connectivity index (χ1v) is 12.7. The summed E-state index contributed by atoms with van der Waals surface area (Å²) in [6.07, 6.45) is -2.62. The van der Waals surface area contributed by atoms with E-state index in [4.69, 9.17) is 10.5 Å². The van der Waals surface area contributed by atoms with E-state index in [0.29, 0.717) is 17.0 Å². The highest BCUT2D eigenvalue weighted by Crippen LogP contribution is 2.27. The van der Waals surface area contributed by atoms with Crippen molar-refractivity contribution in [1.82, 2.24) is 19.8 Å². The summed E-state index contributed by atoms with van der Waals surface area (Å²) in [7, 11) is 3.50. The molecule has 9 nitrogen and oxygen atoms in total. The Balaban J connectivity index is 1.62. The first-order chi connectivity index (χ1) is 18.9. The number of halogens is 3. The molecule has 1 aromatic heterocycles. The third kappa shape index (κ3) is 6.84. The number of hydrogen-bond donors (Lipinski definition) is 3. The van der Waals surface area contributed by atoms with E-state index < -0.39 is 24.5 Å². The van der Waals surface area contributed by atoms with Gasteiger partial charge in [-0.3, -0.25) is 9.59 Å². The number of primary amides is 1. The van der Waals surface area contributed by atoms with Crippen LogP contribution in [0.2, 0.25) is 0 Å². The van der Waals surface area contributed by atoms with Crippen molar-refractivity contribution >= 4 is 28.5 Å². The second-order valence-electron chi connectivity index (χ2n) is 9.92. The molecule has 0 bridgehead atoms. The highest BCUT2D eigenvalue weighted by Gasteiger charge is 2.30. The molecule has 1 aliphatic rings. The summed E-state index contributed by atoms with van der Waals surface area (Å²) in [5.41, 5.74) is 7.01. The Kier molecular flexibility index (Phi) is 8.54. The van der Waals surface area contributed by atoms with Crippen LogP contribution in [0.3, 0.4) is 0 Å². The third-order valence-corrected chi connectivity index (χ3v) is 6.83. The average Bonchev–Trinajstić information content (AvgIpc) is 3.28. The number of carbonyl (C=O) groups excluding carboxylic acids is 2. The zero-order valence-corrected chi connectivity index (χ0v) is 22.4. The SMILES string of the molecule is COc1ccc(C(N)=O)cc1NCC#Cc1cc(C(=O)N[C@H]2CCN(C)C[C@@H]2C)c2ncn(CC(F)(F)F)c2c1. The van der Waals surface area contributed by atoms with Crippen molar-refractivity contribution in [3.63, 3.8) is 0 Å². The van der Waals surface area contributed by atoms with Crippen LogP contribution >= 0.6 is 0 Å². The van der Waals surface area contributed by atoms with E-state index in [2.05, 4.69) is 39.3 Å². The topological polar surface area (TPSA) is 115 Å². The highest BCUT2D eigenvalue weighted by atomic mass is 19.4. The van der Waals surface area contributed by atoms with Gasteiger partial charge in [-0.1, -0.05) is 18.8 Å². The van der Waals surface area contributed by atoms with Crippen LogP contribution in [0, 0.1) is 17.8 Å². The smallest absolute Gasteiger partial charge is 0.406 e. The number of carbonyl (C=O) groups is 2. The quantitative estimate of drug-likeness (QED) is 0.385. The number of nitrogens with two attached hydrogens (primary N) is 1. The standard InChI is InChI=1S/C28H31F3N6O3/c1-17-14-36(2)10-8-21(17)35-27(39)20-11-18(12-23-25(20)34-16-37(23)15-28(29,30)31)5-4-9-33-22-13-19(26(32)38)6-7-24(22)40-3/h6-7,11-13,16-17,21,33H,8-10,14-15H2,1-3H3,(H2,32,38)(H,35,39)/t17-,21-/m0/s1. The number of benzene rings is 2. The molecule has 1 aliphatic heterocycles. The molecule has 40 heavy (non-hydrogen) atoms. The van der Waals surface area contributed by atoms with Crippen LogP contribution < -0.4 is 21.1 Å². The maximum absolute atomic E-state index is 13.4. The van der Waals surface area contributed by atoms with Gasteiger partial charge in [-0.2, -0.15) is 13.2 Å². The van der Waals surface area contributed by atoms with Gasteiger partial charge in [-0.05, 0) is 56.3 Å². The molecule has 4 N–H and O–H groups in total. The van der Waals surface area contributed by atoms with Crippen molar-refractivity contribution in [3.8, 4) is 17.6 Å². The molecule has 4 rings (SSSR count). The van der Waals surface area contributed by atoms with Crippen LogP contribution in [0.25, 0.3) is 11.0 Å². The Bertz CT molecular complexity index is 1470. The van der Waals surface area contributed by atoms with Crippen molar-refractivity contribution in [2.24, 2.45) is 11.7 Å². The number of likely N-dealkylation sites (tertiary alicyclic amines) is 1. The summed E-state index contributed by atoms with van der Waals surface area (Å²) >= 11 is 0. The summed E-state index contributed by atoms with van der Waals surface area (Å²) in [5, 5.41) is 6.10. The Morgan fingerprint density at radius 2 is 2.02 bits per heavy atom. The van der Waals surface area contributed by atoms with E-state index >= 15 is 0 Å². The normalized spacial score (nSPS) is 17.6. The summed E-state index contributed by atoms with van der Waals surface area (Å²) in [4.78, 5) is 31.2. The first kappa shape index (κ1) is 28.8. The zero-order chi connectivity index (χ0) is 29.0. The molecular weight excluding hydrogens is 525 g/mol. The second kappa shape index (κ2) is 11.9. The third-order valence-electron chi connectivity index (χ3n) is 6.83. The van der Waals surface area contributed by atoms with E-state index in [1.54, 1.807) is 12.1 Å². The number of fused-ring (bicyclic) bond motifs is 1. The average molecular weight is 557 g/mol. The van der Waals surface area contributed by atoms with Gasteiger partial charge < -0.3 is 30.6 Å². The number of piperidine rings is 1. The molecule has 12 heteroatoms. The minimum absolute atomic E-state index is 0.0684. The van der Waals surface area contributed by atoms with Crippen LogP contribution in [0.4, 0.5) is 18.9 Å². The molecule has 0 aliphatic carbocycles. The van der Waals surface area contributed by atoms with Gasteiger partial charge in [0.15, 0.2) is 0 Å². The van der Waals surface area contributed by atoms with Gasteiger partial charge in [0.25, 0.3) is 5.91 Å². The van der Waals surface area contributed by atoms with E-state index in [1.807, 2.05) is 7.05 Å². The lowest BCUT2D eigenvalue weighted by Gasteiger charge is -2.35. The number of rotatable bonds is 7. The number of hydrogen-bond acceptors (Lipinski definition) is 6. The fraction of sp³-hybridized carbons (Fsp3) is 0.393. The monoisotopic (exact) mass is 556 g/mol. The lowest BCUT2D eigenvalue weighted by Crippen LogP contribution is -2.48. The van der Waals surface area contributed by atoms with E-state index in [0.717, 1.165) is 30.4 Å². The molecule has 0 saturated carbocycles. The fourth-order valence-corrected chi connectivity index (χ4v) is 4.83. The number of anilines is 1. The van der Waals surface area contributed by atoms with Gasteiger partial charge in [0, 0.05) is 23.7 Å². The molecule has 2 amide bonds. The summed E-state index contributed by atoms with van der Waals surface area (Å²) < 4.78 is 46.0. The van der Waals surface area contributed by atoms with Crippen LogP contribution in [-0.2, 0) is 6.54 Å². The number of alkyl halides is 3. The van der Waals surface area contributed by atoms with Crippen LogP contribution in [0.1, 0.15) is 39.6 Å². The Hall–Kier alpha value is -4.24. The number of imidazole rings is 1. The van der Waals surface area contributed by atoms with Gasteiger partial charge in [-0.25, -0.2) is 4.98 Å². The molecular formula is C28H31F3N6O3. The van der Waals surface area contributed by atoms with E-state index in [-0.39, 0.29) is 40.7 Å². The number of nitrogens with zero attached hydrogens (tertiary/aromatic N) is 3. The maximum Gasteiger partial charge on any atom is 0.406 e. The number of nitrogens with one attached hydrogen (secondary N) is 2. The molecule has 0 spiro atoms. The lowest BCUT2D eigenvalue weighted by molar-refractivity contribution is -0.139. The maximum atomic E-state index is 13.4. The lowest BCUT2D eigenvalue weighted by atomic mass is 9.93. The van der Waals surface area contributed by atoms with Gasteiger partial charge in [0.05, 0.1) is 36.7 Å². The number of aromatic nitrogens is 2. The minimum Gasteiger partial charge on any atom is -0.495 e. The number of methoxy groups -OCH3 is 1. The number of amides is 2. The summed E-state index contributed by atoms with van der Waals surface area (Å²) in [5.74, 6) is 5.52. The van der Waals surface area contributed by atoms with Crippen LogP contribution in [0.5, 0.6) is 5.75 Å². The molecule has 0 radical (unpaired) electrons. The molecule has 2 atom stereocenters. The van der Waals surface area contributed by atoms with Gasteiger partial charge in [-0.15, -0.1) is 0 Å². The zero-order valence-electron chi connectivity index (χ0n) is 22.4. The summed E-state index contributed by atoms with van der Waals surface area (Å²) in [6, 6.07) is 7.64. The summed E-state index contributed by atoms with van der Waals surface area (Å²) in [6.45, 7) is 2.58. The molecule has 1 fully saturated rings. The van der Waals surface area contributed by atoms with Crippen molar-refractivity contribution in [2.45, 2.75) is 32.1 Å². The van der Waals surface area contributed by atoms with Crippen LogP contribution in [-0.4, -0.2) is 72.3 Å². The van der Waals surface area contributed by atoms with Crippen molar-refractivity contribution < 1.29 is 27.5 Å². The molecule has 3 aromatic rings. The van der Waals surface area contributed by atoms with E-state index in [1.165, 1.54) is 25.3 Å². The predicted molar refractivity (Wildman–Crippen MR) is 145 cm³/mol. The van der Waals surface area contributed by atoms with Crippen molar-refractivity contribution in [2.75, 3.05) is 39.1 Å². The second-order valence-corrected chi connectivity index (χ2v) is 9.92. The molecule has 0 unspecified atom stereocenters. The molecule has 2 aromatic carbocycles. The van der Waals surface area contributed by atoms with Crippen molar-refractivity contribution in [1.29, 1.82) is 0 Å².